The van der Waals surface area contributed by atoms with Crippen LogP contribution < -0.4 is 15.8 Å². The van der Waals surface area contributed by atoms with E-state index in [4.69, 9.17) is 14.9 Å². The summed E-state index contributed by atoms with van der Waals surface area (Å²) in [5, 5.41) is 3.04. The Bertz CT molecular complexity index is 535. The first-order chi connectivity index (χ1) is 9.65. The monoisotopic (exact) mass is 274 g/mol. The van der Waals surface area contributed by atoms with E-state index in [0.29, 0.717) is 13.2 Å². The molecule has 0 aliphatic heterocycles. The lowest BCUT2D eigenvalue weighted by molar-refractivity contribution is -0.119. The smallest absolute Gasteiger partial charge is 0.234 e. The summed E-state index contributed by atoms with van der Waals surface area (Å²) in [6, 6.07) is 9.21. The Kier molecular flexibility index (Phi) is 4.79. The first-order valence-corrected chi connectivity index (χ1v) is 6.40. The molecule has 2 aromatic rings. The van der Waals surface area contributed by atoms with Crippen molar-refractivity contribution in [3.63, 3.8) is 0 Å². The van der Waals surface area contributed by atoms with Crippen LogP contribution in [0.1, 0.15) is 18.1 Å². The van der Waals surface area contributed by atoms with Crippen molar-refractivity contribution < 1.29 is 13.9 Å². The maximum Gasteiger partial charge on any atom is 0.234 e. The van der Waals surface area contributed by atoms with Crippen molar-refractivity contribution in [2.75, 3.05) is 0 Å². The maximum absolute atomic E-state index is 10.9. The molecule has 0 aliphatic carbocycles. The van der Waals surface area contributed by atoms with Crippen molar-refractivity contribution in [2.24, 2.45) is 5.73 Å². The summed E-state index contributed by atoms with van der Waals surface area (Å²) in [6.45, 7) is 2.81. The fraction of sp³-hybridized carbons (Fsp3) is 0.267. The minimum Gasteiger partial charge on any atom is -0.489 e. The number of hydrogen-bond acceptors (Lipinski definition) is 4. The van der Waals surface area contributed by atoms with Gasteiger partial charge in [-0.3, -0.25) is 4.79 Å². The summed E-state index contributed by atoms with van der Waals surface area (Å²) >= 11 is 0. The molecule has 0 saturated carbocycles. The highest BCUT2D eigenvalue weighted by atomic mass is 16.5. The van der Waals surface area contributed by atoms with Crippen LogP contribution in [0.2, 0.25) is 0 Å². The summed E-state index contributed by atoms with van der Waals surface area (Å²) in [5.74, 6) is 0.433. The summed E-state index contributed by atoms with van der Waals surface area (Å²) < 4.78 is 10.6. The van der Waals surface area contributed by atoms with E-state index in [1.807, 2.05) is 30.3 Å². The van der Waals surface area contributed by atoms with Crippen LogP contribution in [0.15, 0.2) is 47.3 Å². The molecule has 5 nitrogen and oxygen atoms in total. The first kappa shape index (κ1) is 14.1. The Hall–Kier alpha value is -2.27. The third-order valence-electron chi connectivity index (χ3n) is 2.95. The van der Waals surface area contributed by atoms with Gasteiger partial charge in [0.1, 0.15) is 12.4 Å². The van der Waals surface area contributed by atoms with Gasteiger partial charge in [-0.05, 0) is 30.7 Å². The molecule has 1 heterocycles. The summed E-state index contributed by atoms with van der Waals surface area (Å²) in [6.07, 6.45) is 3.27. The van der Waals surface area contributed by atoms with Crippen molar-refractivity contribution >= 4 is 5.91 Å². The van der Waals surface area contributed by atoms with Gasteiger partial charge in [-0.25, -0.2) is 0 Å². The predicted molar refractivity (Wildman–Crippen MR) is 75.0 cm³/mol. The number of carbonyl (C=O) groups excluding carboxylic acids is 1. The third-order valence-corrected chi connectivity index (χ3v) is 2.95. The summed E-state index contributed by atoms with van der Waals surface area (Å²) in [4.78, 5) is 10.9. The molecule has 106 valence electrons. The third kappa shape index (κ3) is 4.13. The quantitative estimate of drug-likeness (QED) is 0.807. The topological polar surface area (TPSA) is 77.5 Å². The average Bonchev–Trinajstić information content (AvgIpc) is 2.96. The van der Waals surface area contributed by atoms with Gasteiger partial charge >= 0.3 is 0 Å². The van der Waals surface area contributed by atoms with Gasteiger partial charge < -0.3 is 20.2 Å². The number of nitrogens with two attached hydrogens (primary N) is 1. The molecular weight excluding hydrogens is 256 g/mol. The Labute approximate surface area is 117 Å². The van der Waals surface area contributed by atoms with Crippen LogP contribution >= 0.6 is 0 Å². The number of amides is 1. The van der Waals surface area contributed by atoms with Gasteiger partial charge in [0.15, 0.2) is 0 Å². The zero-order valence-electron chi connectivity index (χ0n) is 11.3. The van der Waals surface area contributed by atoms with Gasteiger partial charge in [0.05, 0.1) is 18.6 Å². The largest absolute Gasteiger partial charge is 0.489 e. The first-order valence-electron chi connectivity index (χ1n) is 6.40. The second-order valence-electron chi connectivity index (χ2n) is 4.57. The highest BCUT2D eigenvalue weighted by Gasteiger charge is 2.06. The molecule has 1 amide bonds. The zero-order valence-corrected chi connectivity index (χ0v) is 11.3. The Balaban J connectivity index is 1.82. The molecule has 0 spiro atoms. The van der Waals surface area contributed by atoms with E-state index >= 15 is 0 Å². The number of carbonyl (C=O) groups is 1. The second-order valence-corrected chi connectivity index (χ2v) is 4.57. The number of hydrogen-bond donors (Lipinski definition) is 2. The van der Waals surface area contributed by atoms with Gasteiger partial charge in [-0.1, -0.05) is 12.1 Å². The minimum atomic E-state index is -0.356. The highest BCUT2D eigenvalue weighted by Crippen LogP contribution is 2.14. The van der Waals surface area contributed by atoms with Gasteiger partial charge in [-0.2, -0.15) is 0 Å². The van der Waals surface area contributed by atoms with Crippen LogP contribution in [0.4, 0.5) is 0 Å². The van der Waals surface area contributed by atoms with Crippen LogP contribution in [-0.4, -0.2) is 11.9 Å². The molecule has 0 saturated heterocycles. The molecular formula is C15H18N2O3. The van der Waals surface area contributed by atoms with E-state index in [1.165, 1.54) is 0 Å². The maximum atomic E-state index is 10.9. The minimum absolute atomic E-state index is 0.341. The predicted octanol–water partition coefficient (Wildman–Crippen LogP) is 1.82. The van der Waals surface area contributed by atoms with Crippen LogP contribution in [0, 0.1) is 0 Å². The number of benzene rings is 1. The number of nitrogens with one attached hydrogen (secondary N) is 1. The van der Waals surface area contributed by atoms with Gasteiger partial charge in [-0.15, -0.1) is 0 Å². The van der Waals surface area contributed by atoms with Crippen LogP contribution in [-0.2, 0) is 17.9 Å². The van der Waals surface area contributed by atoms with Gasteiger partial charge in [0.2, 0.25) is 5.91 Å². The van der Waals surface area contributed by atoms with E-state index in [2.05, 4.69) is 5.32 Å². The van der Waals surface area contributed by atoms with E-state index in [9.17, 15) is 4.79 Å². The van der Waals surface area contributed by atoms with E-state index in [0.717, 1.165) is 16.9 Å². The van der Waals surface area contributed by atoms with Crippen LogP contribution in [0.3, 0.4) is 0 Å². The van der Waals surface area contributed by atoms with Gasteiger partial charge in [0.25, 0.3) is 0 Å². The number of primary amides is 1. The average molecular weight is 274 g/mol. The Morgan fingerprint density at radius 3 is 2.65 bits per heavy atom. The SMILES string of the molecule is C[C@@H](NCc1ccc(OCc2ccoc2)cc1)C(N)=O. The van der Waals surface area contributed by atoms with Crippen molar-refractivity contribution in [3.05, 3.63) is 54.0 Å². The van der Waals surface area contributed by atoms with Crippen molar-refractivity contribution in [2.45, 2.75) is 26.1 Å². The molecule has 3 N–H and O–H groups in total. The Morgan fingerprint density at radius 1 is 1.30 bits per heavy atom. The molecule has 0 radical (unpaired) electrons. The van der Waals surface area contributed by atoms with Crippen molar-refractivity contribution in [3.8, 4) is 5.75 Å². The molecule has 0 aliphatic rings. The van der Waals surface area contributed by atoms with E-state index in [-0.39, 0.29) is 11.9 Å². The molecule has 0 unspecified atom stereocenters. The Morgan fingerprint density at radius 2 is 2.05 bits per heavy atom. The van der Waals surface area contributed by atoms with E-state index in [1.54, 1.807) is 19.5 Å². The molecule has 0 fully saturated rings. The second kappa shape index (κ2) is 6.77. The molecule has 2 rings (SSSR count). The molecule has 20 heavy (non-hydrogen) atoms. The number of furan rings is 1. The fourth-order valence-corrected chi connectivity index (χ4v) is 1.62. The lowest BCUT2D eigenvalue weighted by atomic mass is 10.2. The van der Waals surface area contributed by atoms with Crippen molar-refractivity contribution in [1.82, 2.24) is 5.32 Å². The fourth-order valence-electron chi connectivity index (χ4n) is 1.62. The lowest BCUT2D eigenvalue weighted by Gasteiger charge is -2.10. The summed E-state index contributed by atoms with van der Waals surface area (Å²) in [7, 11) is 0. The summed E-state index contributed by atoms with van der Waals surface area (Å²) in [5.41, 5.74) is 7.24. The number of ether oxygens (including phenoxy) is 1. The molecule has 1 atom stereocenters. The van der Waals surface area contributed by atoms with Crippen LogP contribution in [0.5, 0.6) is 5.75 Å². The molecule has 1 aromatic carbocycles. The normalized spacial score (nSPS) is 12.1. The lowest BCUT2D eigenvalue weighted by Crippen LogP contribution is -2.38. The van der Waals surface area contributed by atoms with E-state index < -0.39 is 0 Å². The highest BCUT2D eigenvalue weighted by molar-refractivity contribution is 5.79. The molecule has 5 heteroatoms. The zero-order chi connectivity index (χ0) is 14.4. The standard InChI is InChI=1S/C15H18N2O3/c1-11(15(16)18)17-8-12-2-4-14(5-3-12)20-10-13-6-7-19-9-13/h2-7,9,11,17H,8,10H2,1H3,(H2,16,18)/t11-/m1/s1. The molecule has 1 aromatic heterocycles. The number of rotatable bonds is 7. The van der Waals surface area contributed by atoms with Gasteiger partial charge in [0, 0.05) is 12.1 Å². The van der Waals surface area contributed by atoms with Crippen molar-refractivity contribution in [1.29, 1.82) is 0 Å². The molecule has 0 bridgehead atoms. The van der Waals surface area contributed by atoms with Crippen LogP contribution in [0.25, 0.3) is 0 Å².